The molecule has 0 saturated carbocycles. The summed E-state index contributed by atoms with van der Waals surface area (Å²) < 4.78 is 42.2. The highest BCUT2D eigenvalue weighted by Crippen LogP contribution is 2.43. The van der Waals surface area contributed by atoms with Crippen molar-refractivity contribution in [2.75, 3.05) is 0 Å². The smallest absolute Gasteiger partial charge is 0.287 e. The van der Waals surface area contributed by atoms with Crippen LogP contribution in [0.25, 0.3) is 10.8 Å². The fraction of sp³-hybridized carbons (Fsp3) is 0.450. The van der Waals surface area contributed by atoms with Crippen LogP contribution in [0.2, 0.25) is 0 Å². The third kappa shape index (κ3) is 3.43. The second kappa shape index (κ2) is 6.58. The molecular weight excluding hydrogens is 341 g/mol. The minimum absolute atomic E-state index is 0.0367. The first-order valence-corrected chi connectivity index (χ1v) is 8.80. The van der Waals surface area contributed by atoms with E-state index in [0.717, 1.165) is 27.8 Å². The number of benzene rings is 2. The van der Waals surface area contributed by atoms with Crippen molar-refractivity contribution in [3.63, 3.8) is 0 Å². The van der Waals surface area contributed by atoms with Crippen molar-refractivity contribution in [1.29, 1.82) is 0 Å². The number of nitrogens with zero attached hydrogens (tertiary/aromatic N) is 1. The van der Waals surface area contributed by atoms with Crippen molar-refractivity contribution in [1.82, 2.24) is 10.4 Å². The maximum absolute atomic E-state index is 14.1. The lowest BCUT2D eigenvalue weighted by Gasteiger charge is -2.38. The first-order chi connectivity index (χ1) is 12.1. The monoisotopic (exact) mass is 364 g/mol. The van der Waals surface area contributed by atoms with Gasteiger partial charge in [-0.1, -0.05) is 43.7 Å². The summed E-state index contributed by atoms with van der Waals surface area (Å²) in [6, 6.07) is 8.84. The molecule has 6 heteroatoms. The lowest BCUT2D eigenvalue weighted by molar-refractivity contribution is -0.203. The molecule has 1 saturated heterocycles. The van der Waals surface area contributed by atoms with E-state index in [2.05, 4.69) is 5.43 Å². The third-order valence-electron chi connectivity index (χ3n) is 4.86. The van der Waals surface area contributed by atoms with E-state index in [1.807, 2.05) is 31.2 Å². The van der Waals surface area contributed by atoms with E-state index < -0.39 is 17.8 Å². The van der Waals surface area contributed by atoms with Crippen molar-refractivity contribution in [2.45, 2.75) is 57.8 Å². The number of carbonyl (C=O) groups excluding carboxylic acids is 1. The van der Waals surface area contributed by atoms with Crippen molar-refractivity contribution in [3.8, 4) is 0 Å². The Morgan fingerprint density at radius 2 is 1.92 bits per heavy atom. The average molecular weight is 364 g/mol. The van der Waals surface area contributed by atoms with Crippen LogP contribution in [0.4, 0.5) is 13.2 Å². The first kappa shape index (κ1) is 18.7. The van der Waals surface area contributed by atoms with Gasteiger partial charge in [-0.2, -0.15) is 18.2 Å². The van der Waals surface area contributed by atoms with Gasteiger partial charge in [-0.15, -0.1) is 0 Å². The predicted molar refractivity (Wildman–Crippen MR) is 95.4 cm³/mol. The largest absolute Gasteiger partial charge is 0.409 e. The van der Waals surface area contributed by atoms with E-state index in [4.69, 9.17) is 0 Å². The highest BCUT2D eigenvalue weighted by Gasteiger charge is 2.53. The molecule has 1 amide bonds. The molecule has 0 aliphatic carbocycles. The van der Waals surface area contributed by atoms with Gasteiger partial charge >= 0.3 is 6.18 Å². The van der Waals surface area contributed by atoms with Gasteiger partial charge < -0.3 is 0 Å². The number of halogens is 3. The van der Waals surface area contributed by atoms with Crippen molar-refractivity contribution in [2.24, 2.45) is 0 Å². The molecule has 140 valence electrons. The number of carbonyl (C=O) groups is 1. The van der Waals surface area contributed by atoms with Gasteiger partial charge in [0.25, 0.3) is 0 Å². The number of amides is 1. The van der Waals surface area contributed by atoms with Gasteiger partial charge in [0.15, 0.2) is 6.04 Å². The number of rotatable bonds is 4. The van der Waals surface area contributed by atoms with E-state index in [-0.39, 0.29) is 17.9 Å². The van der Waals surface area contributed by atoms with Gasteiger partial charge in [-0.25, -0.2) is 0 Å². The SMILES string of the molecule is CCCc1cc([C@H](N2NC(=O)CC2(C)C)C(F)(F)F)cc2ccccc12. The van der Waals surface area contributed by atoms with Crippen LogP contribution in [-0.2, 0) is 11.2 Å². The molecular formula is C20H23F3N2O. The Kier molecular flexibility index (Phi) is 4.73. The number of hydrazine groups is 1. The maximum Gasteiger partial charge on any atom is 0.409 e. The zero-order chi connectivity index (χ0) is 19.1. The molecule has 2 aromatic rings. The Morgan fingerprint density at radius 1 is 1.23 bits per heavy atom. The molecule has 3 rings (SSSR count). The molecule has 2 aromatic carbocycles. The van der Waals surface area contributed by atoms with Crippen molar-refractivity contribution in [3.05, 3.63) is 47.5 Å². The van der Waals surface area contributed by atoms with Crippen LogP contribution in [0.15, 0.2) is 36.4 Å². The number of aryl methyl sites for hydroxylation is 1. The number of alkyl halides is 3. The van der Waals surface area contributed by atoms with Crippen LogP contribution in [0.5, 0.6) is 0 Å². The molecule has 1 heterocycles. The molecule has 1 N–H and O–H groups in total. The number of nitrogens with one attached hydrogen (secondary N) is 1. The Bertz CT molecular complexity index is 829. The van der Waals surface area contributed by atoms with E-state index >= 15 is 0 Å². The van der Waals surface area contributed by atoms with Gasteiger partial charge in [0.1, 0.15) is 0 Å². The van der Waals surface area contributed by atoms with Gasteiger partial charge in [-0.05, 0) is 48.2 Å². The summed E-state index contributed by atoms with van der Waals surface area (Å²) in [4.78, 5) is 11.8. The fourth-order valence-electron chi connectivity index (χ4n) is 3.75. The summed E-state index contributed by atoms with van der Waals surface area (Å²) in [6.07, 6.45) is -2.93. The summed E-state index contributed by atoms with van der Waals surface area (Å²) >= 11 is 0. The molecule has 0 spiro atoms. The van der Waals surface area contributed by atoms with Crippen LogP contribution in [0, 0.1) is 0 Å². The van der Waals surface area contributed by atoms with Gasteiger partial charge in [0, 0.05) is 12.0 Å². The van der Waals surface area contributed by atoms with E-state index in [1.54, 1.807) is 26.0 Å². The Labute approximate surface area is 151 Å². The second-order valence-corrected chi connectivity index (χ2v) is 7.49. The van der Waals surface area contributed by atoms with Crippen molar-refractivity contribution < 1.29 is 18.0 Å². The third-order valence-corrected chi connectivity index (χ3v) is 4.86. The van der Waals surface area contributed by atoms with E-state index in [9.17, 15) is 18.0 Å². The minimum atomic E-state index is -4.51. The zero-order valence-corrected chi connectivity index (χ0v) is 15.2. The summed E-state index contributed by atoms with van der Waals surface area (Å²) in [7, 11) is 0. The highest BCUT2D eigenvalue weighted by molar-refractivity contribution is 5.86. The number of hydrogen-bond donors (Lipinski definition) is 1. The molecule has 0 unspecified atom stereocenters. The van der Waals surface area contributed by atoms with Crippen LogP contribution < -0.4 is 5.43 Å². The molecule has 3 nitrogen and oxygen atoms in total. The molecule has 26 heavy (non-hydrogen) atoms. The topological polar surface area (TPSA) is 32.3 Å². The lowest BCUT2D eigenvalue weighted by atomic mass is 9.92. The molecule has 0 aromatic heterocycles. The van der Waals surface area contributed by atoms with Gasteiger partial charge in [0.2, 0.25) is 5.91 Å². The zero-order valence-electron chi connectivity index (χ0n) is 15.2. The molecule has 1 fully saturated rings. The lowest BCUT2D eigenvalue weighted by Crippen LogP contribution is -2.51. The van der Waals surface area contributed by atoms with Gasteiger partial charge in [0.05, 0.1) is 0 Å². The van der Waals surface area contributed by atoms with Crippen LogP contribution >= 0.6 is 0 Å². The molecule has 1 atom stereocenters. The van der Waals surface area contributed by atoms with Crippen LogP contribution in [0.3, 0.4) is 0 Å². The first-order valence-electron chi connectivity index (χ1n) is 8.80. The molecule has 0 radical (unpaired) electrons. The molecule has 1 aliphatic heterocycles. The quantitative estimate of drug-likeness (QED) is 0.836. The average Bonchev–Trinajstić information content (AvgIpc) is 2.79. The summed E-state index contributed by atoms with van der Waals surface area (Å²) in [6.45, 7) is 5.31. The molecule has 0 bridgehead atoms. The normalized spacial score (nSPS) is 18.9. The van der Waals surface area contributed by atoms with E-state index in [0.29, 0.717) is 6.42 Å². The number of hydrogen-bond acceptors (Lipinski definition) is 2. The van der Waals surface area contributed by atoms with Crippen LogP contribution in [-0.4, -0.2) is 22.6 Å². The standard InChI is InChI=1S/C20H23F3N2O/c1-4-7-13-10-15(11-14-8-5-6-9-16(13)14)18(20(21,22)23)25-19(2,3)12-17(26)24-25/h5-6,8-11,18H,4,7,12H2,1-3H3,(H,24,26)/t18-/m0/s1. The summed E-state index contributed by atoms with van der Waals surface area (Å²) in [5.74, 6) is -0.390. The predicted octanol–water partition coefficient (Wildman–Crippen LogP) is 4.91. The van der Waals surface area contributed by atoms with Crippen molar-refractivity contribution >= 4 is 16.7 Å². The molecule has 1 aliphatic rings. The summed E-state index contributed by atoms with van der Waals surface area (Å²) in [5, 5.41) is 2.82. The summed E-state index contributed by atoms with van der Waals surface area (Å²) in [5.41, 5.74) is 2.56. The Balaban J connectivity index is 2.17. The maximum atomic E-state index is 14.1. The van der Waals surface area contributed by atoms with Crippen LogP contribution in [0.1, 0.15) is 50.8 Å². The van der Waals surface area contributed by atoms with Gasteiger partial charge in [-0.3, -0.25) is 10.2 Å². The second-order valence-electron chi connectivity index (χ2n) is 7.49. The Hall–Kier alpha value is -2.08. The Morgan fingerprint density at radius 3 is 2.50 bits per heavy atom. The minimum Gasteiger partial charge on any atom is -0.287 e. The highest BCUT2D eigenvalue weighted by atomic mass is 19.4. The van der Waals surface area contributed by atoms with E-state index in [1.165, 1.54) is 0 Å². The number of fused-ring (bicyclic) bond motifs is 1. The fourth-order valence-corrected chi connectivity index (χ4v) is 3.75.